The second-order valence-corrected chi connectivity index (χ2v) is 7.78. The highest BCUT2D eigenvalue weighted by Gasteiger charge is 2.08. The highest BCUT2D eigenvalue weighted by atomic mass is 33.1. The fourth-order valence-corrected chi connectivity index (χ4v) is 5.22. The normalized spacial score (nSPS) is 10.9. The first-order chi connectivity index (χ1) is 9.38. The Bertz CT molecular complexity index is 619. The van der Waals surface area contributed by atoms with Crippen LogP contribution >= 0.6 is 21.6 Å². The molecule has 0 aliphatic heterocycles. The summed E-state index contributed by atoms with van der Waals surface area (Å²) < 4.78 is 0. The zero-order chi connectivity index (χ0) is 14.9. The molecule has 2 aromatic rings. The van der Waals surface area contributed by atoms with Gasteiger partial charge in [0.1, 0.15) is 0 Å². The summed E-state index contributed by atoms with van der Waals surface area (Å²) in [6.45, 7) is 13.1. The molecule has 0 fully saturated rings. The van der Waals surface area contributed by atoms with Gasteiger partial charge in [0.25, 0.3) is 0 Å². The van der Waals surface area contributed by atoms with Crippen molar-refractivity contribution in [3.63, 3.8) is 0 Å². The minimum Gasteiger partial charge on any atom is -0.0552 e. The summed E-state index contributed by atoms with van der Waals surface area (Å²) in [5.74, 6) is 0. The zero-order valence-corrected chi connectivity index (χ0v) is 14.8. The maximum absolute atomic E-state index is 2.31. The van der Waals surface area contributed by atoms with E-state index in [-0.39, 0.29) is 0 Å². The van der Waals surface area contributed by atoms with E-state index in [2.05, 4.69) is 65.8 Å². The second kappa shape index (κ2) is 6.28. The van der Waals surface area contributed by atoms with Crippen LogP contribution in [0.1, 0.15) is 33.4 Å². The predicted molar refractivity (Wildman–Crippen MR) is 93.0 cm³/mol. The van der Waals surface area contributed by atoms with Crippen LogP contribution in [0, 0.1) is 41.5 Å². The summed E-state index contributed by atoms with van der Waals surface area (Å²) in [6.07, 6.45) is 0. The highest BCUT2D eigenvalue weighted by Crippen LogP contribution is 2.42. The molecule has 0 atom stereocenters. The van der Waals surface area contributed by atoms with Crippen LogP contribution < -0.4 is 0 Å². The fourth-order valence-electron chi connectivity index (χ4n) is 2.41. The lowest BCUT2D eigenvalue weighted by atomic mass is 10.1. The average Bonchev–Trinajstić information content (AvgIpc) is 2.33. The molecule has 0 spiro atoms. The van der Waals surface area contributed by atoms with Crippen molar-refractivity contribution >= 4 is 21.6 Å². The zero-order valence-electron chi connectivity index (χ0n) is 13.1. The minimum atomic E-state index is 1.34. The smallest absolute Gasteiger partial charge is 0.0244 e. The predicted octanol–water partition coefficient (Wildman–Crippen LogP) is 6.34. The van der Waals surface area contributed by atoms with Crippen LogP contribution in [-0.4, -0.2) is 0 Å². The molecule has 0 amide bonds. The van der Waals surface area contributed by atoms with Gasteiger partial charge in [-0.3, -0.25) is 0 Å². The van der Waals surface area contributed by atoms with Crippen molar-refractivity contribution < 1.29 is 0 Å². The Hall–Kier alpha value is -0.860. The van der Waals surface area contributed by atoms with Crippen molar-refractivity contribution in [2.75, 3.05) is 0 Å². The van der Waals surface area contributed by atoms with Crippen LogP contribution in [0.5, 0.6) is 0 Å². The molecule has 0 heterocycles. The Morgan fingerprint density at radius 1 is 0.550 bits per heavy atom. The van der Waals surface area contributed by atoms with E-state index in [1.54, 1.807) is 0 Å². The molecule has 0 unspecified atom stereocenters. The number of hydrogen-bond donors (Lipinski definition) is 0. The summed E-state index contributed by atoms with van der Waals surface area (Å²) >= 11 is 0. The van der Waals surface area contributed by atoms with E-state index < -0.39 is 0 Å². The van der Waals surface area contributed by atoms with E-state index in [0.29, 0.717) is 0 Å². The molecule has 0 aliphatic rings. The number of rotatable bonds is 3. The van der Waals surface area contributed by atoms with Gasteiger partial charge in [-0.1, -0.05) is 45.4 Å². The van der Waals surface area contributed by atoms with Crippen LogP contribution in [0.25, 0.3) is 0 Å². The highest BCUT2D eigenvalue weighted by molar-refractivity contribution is 8.76. The third-order valence-corrected chi connectivity index (χ3v) is 6.41. The van der Waals surface area contributed by atoms with Gasteiger partial charge in [-0.05, 0) is 75.4 Å². The first-order valence-corrected chi connectivity index (χ1v) is 9.03. The third kappa shape index (κ3) is 3.42. The molecule has 106 valence electrons. The van der Waals surface area contributed by atoms with Gasteiger partial charge >= 0.3 is 0 Å². The first kappa shape index (κ1) is 15.5. The molecule has 0 radical (unpaired) electrons. The molecule has 20 heavy (non-hydrogen) atoms. The Labute approximate surface area is 130 Å². The summed E-state index contributed by atoms with van der Waals surface area (Å²) in [7, 11) is 3.75. The molecule has 0 N–H and O–H groups in total. The Balaban J connectivity index is 2.23. The second-order valence-electron chi connectivity index (χ2n) is 5.60. The summed E-state index contributed by atoms with van der Waals surface area (Å²) in [4.78, 5) is 2.77. The van der Waals surface area contributed by atoms with Crippen LogP contribution in [0.4, 0.5) is 0 Å². The van der Waals surface area contributed by atoms with E-state index in [1.165, 1.54) is 43.2 Å². The first-order valence-electron chi connectivity index (χ1n) is 6.88. The van der Waals surface area contributed by atoms with E-state index in [0.717, 1.165) is 0 Å². The van der Waals surface area contributed by atoms with Crippen LogP contribution in [0.3, 0.4) is 0 Å². The molecule has 0 aromatic heterocycles. The Morgan fingerprint density at radius 3 is 1.70 bits per heavy atom. The van der Waals surface area contributed by atoms with E-state index >= 15 is 0 Å². The summed E-state index contributed by atoms with van der Waals surface area (Å²) in [5.41, 5.74) is 8.21. The van der Waals surface area contributed by atoms with Crippen LogP contribution in [0.2, 0.25) is 0 Å². The van der Waals surface area contributed by atoms with Gasteiger partial charge in [-0.2, -0.15) is 0 Å². The van der Waals surface area contributed by atoms with Crippen molar-refractivity contribution in [3.8, 4) is 0 Å². The fraction of sp³-hybridized carbons (Fsp3) is 0.333. The Kier molecular flexibility index (Phi) is 4.87. The lowest BCUT2D eigenvalue weighted by Gasteiger charge is -2.12. The van der Waals surface area contributed by atoms with Crippen LogP contribution in [0.15, 0.2) is 34.1 Å². The monoisotopic (exact) mass is 302 g/mol. The van der Waals surface area contributed by atoms with Gasteiger partial charge in [0.2, 0.25) is 0 Å². The van der Waals surface area contributed by atoms with Gasteiger partial charge in [0, 0.05) is 9.79 Å². The van der Waals surface area contributed by atoms with Gasteiger partial charge in [-0.15, -0.1) is 0 Å². The molecule has 2 heteroatoms. The molecule has 0 saturated carbocycles. The van der Waals surface area contributed by atoms with E-state index in [9.17, 15) is 0 Å². The van der Waals surface area contributed by atoms with Crippen LogP contribution in [-0.2, 0) is 0 Å². The van der Waals surface area contributed by atoms with Crippen molar-refractivity contribution in [1.29, 1.82) is 0 Å². The molecule has 0 nitrogen and oxygen atoms in total. The molecule has 0 aliphatic carbocycles. The van der Waals surface area contributed by atoms with Gasteiger partial charge in [-0.25, -0.2) is 0 Å². The largest absolute Gasteiger partial charge is 0.0552 e. The quantitative estimate of drug-likeness (QED) is 0.607. The lowest BCUT2D eigenvalue weighted by Crippen LogP contribution is -1.88. The number of hydrogen-bond acceptors (Lipinski definition) is 2. The SMILES string of the molecule is Cc1cc(C)c(SSc2cc(C)c(C)cc2C)c(C)c1. The number of aryl methyl sites for hydroxylation is 6. The Morgan fingerprint density at radius 2 is 1.10 bits per heavy atom. The van der Waals surface area contributed by atoms with E-state index in [4.69, 9.17) is 0 Å². The lowest BCUT2D eigenvalue weighted by molar-refractivity contribution is 1.19. The van der Waals surface area contributed by atoms with Crippen molar-refractivity contribution in [2.45, 2.75) is 51.3 Å². The summed E-state index contributed by atoms with van der Waals surface area (Å²) in [5, 5.41) is 0. The summed E-state index contributed by atoms with van der Waals surface area (Å²) in [6, 6.07) is 9.13. The standard InChI is InChI=1S/C18H22S2/c1-11-7-15(5)18(16(6)8-11)20-19-17-10-13(3)12(2)9-14(17)4/h7-10H,1-6H3. The number of benzene rings is 2. The van der Waals surface area contributed by atoms with Gasteiger partial charge < -0.3 is 0 Å². The van der Waals surface area contributed by atoms with Crippen molar-refractivity contribution in [2.24, 2.45) is 0 Å². The van der Waals surface area contributed by atoms with Crippen molar-refractivity contribution in [3.05, 3.63) is 57.6 Å². The van der Waals surface area contributed by atoms with Crippen molar-refractivity contribution in [1.82, 2.24) is 0 Å². The third-order valence-electron chi connectivity index (χ3n) is 3.61. The molecular weight excluding hydrogens is 280 g/mol. The maximum Gasteiger partial charge on any atom is 0.0244 e. The van der Waals surface area contributed by atoms with Gasteiger partial charge in [0.15, 0.2) is 0 Å². The molecule has 2 aromatic carbocycles. The average molecular weight is 303 g/mol. The minimum absolute atomic E-state index is 1.34. The maximum atomic E-state index is 2.31. The molecule has 0 bridgehead atoms. The molecule has 0 saturated heterocycles. The topological polar surface area (TPSA) is 0 Å². The molecular formula is C18H22S2. The van der Waals surface area contributed by atoms with Gasteiger partial charge in [0.05, 0.1) is 0 Å². The van der Waals surface area contributed by atoms with E-state index in [1.807, 2.05) is 21.6 Å². The molecule has 2 rings (SSSR count).